The van der Waals surface area contributed by atoms with E-state index in [1.54, 1.807) is 12.1 Å². The highest BCUT2D eigenvalue weighted by Gasteiger charge is 2.31. The lowest BCUT2D eigenvalue weighted by Crippen LogP contribution is -2.29. The fraction of sp³-hybridized carbons (Fsp3) is 0.0455. The first-order valence-electron chi connectivity index (χ1n) is 9.58. The van der Waals surface area contributed by atoms with Crippen LogP contribution in [0.15, 0.2) is 64.6 Å². The van der Waals surface area contributed by atoms with Crippen LogP contribution >= 0.6 is 0 Å². The van der Waals surface area contributed by atoms with Crippen molar-refractivity contribution in [2.45, 2.75) is 6.18 Å². The van der Waals surface area contributed by atoms with E-state index in [1.807, 2.05) is 0 Å². The molecule has 0 radical (unpaired) electrons. The first-order valence-corrected chi connectivity index (χ1v) is 9.58. The monoisotopic (exact) mass is 461 g/mol. The lowest BCUT2D eigenvalue weighted by molar-refractivity contribution is -0.137. The summed E-state index contributed by atoms with van der Waals surface area (Å²) in [5.74, 6) is -0.0541. The predicted molar refractivity (Wildman–Crippen MR) is 116 cm³/mol. The summed E-state index contributed by atoms with van der Waals surface area (Å²) in [5, 5.41) is -0.0336. The van der Waals surface area contributed by atoms with Crippen LogP contribution in [0.4, 0.5) is 19.1 Å². The summed E-state index contributed by atoms with van der Waals surface area (Å²) in [5.41, 5.74) is -1.53. The van der Waals surface area contributed by atoms with Gasteiger partial charge >= 0.3 is 17.8 Å². The molecule has 0 unspecified atom stereocenters. The van der Waals surface area contributed by atoms with Gasteiger partial charge in [0.1, 0.15) is 5.52 Å². The summed E-state index contributed by atoms with van der Waals surface area (Å²) in [4.78, 5) is 47.1. The zero-order valence-corrected chi connectivity index (χ0v) is 16.8. The summed E-state index contributed by atoms with van der Waals surface area (Å²) in [6.07, 6.45) is -0.626. The number of aromatic amines is 1. The maximum Gasteiger partial charge on any atom is 0.416 e. The fourth-order valence-corrected chi connectivity index (χ4v) is 3.51. The molecule has 0 saturated heterocycles. The largest absolute Gasteiger partial charge is 0.416 e. The number of halogens is 3. The Morgan fingerprint density at radius 3 is 2.47 bits per heavy atom. The molecule has 0 amide bonds. The van der Waals surface area contributed by atoms with Crippen molar-refractivity contribution >= 4 is 27.9 Å². The highest BCUT2D eigenvalue weighted by atomic mass is 19.4. The van der Waals surface area contributed by atoms with Crippen molar-refractivity contribution in [3.8, 4) is 16.9 Å². The van der Waals surface area contributed by atoms with Crippen LogP contribution in [0.5, 0.6) is 0 Å². The number of hydrogen-bond acceptors (Lipinski definition) is 6. The van der Waals surface area contributed by atoms with E-state index in [2.05, 4.69) is 29.8 Å². The highest BCUT2D eigenvalue weighted by Crippen LogP contribution is 2.31. The van der Waals surface area contributed by atoms with E-state index in [0.717, 1.165) is 16.7 Å². The van der Waals surface area contributed by atoms with E-state index in [-0.39, 0.29) is 28.1 Å². The topological polar surface area (TPSA) is 111 Å². The van der Waals surface area contributed by atoms with E-state index in [1.165, 1.54) is 30.7 Å². The van der Waals surface area contributed by atoms with Crippen molar-refractivity contribution < 1.29 is 13.2 Å². The zero-order chi connectivity index (χ0) is 24.0. The van der Waals surface area contributed by atoms with Crippen LogP contribution in [0.3, 0.4) is 0 Å². The van der Waals surface area contributed by atoms with Crippen molar-refractivity contribution in [1.82, 2.24) is 29.5 Å². The van der Waals surface area contributed by atoms with Gasteiger partial charge in [0, 0.05) is 6.20 Å². The van der Waals surface area contributed by atoms with Crippen LogP contribution < -0.4 is 11.2 Å². The second kappa shape index (κ2) is 7.59. The molecule has 4 aromatic heterocycles. The third-order valence-corrected chi connectivity index (χ3v) is 5.04. The van der Waals surface area contributed by atoms with Gasteiger partial charge in [-0.05, 0) is 30.3 Å². The minimum Gasteiger partial charge on any atom is -0.394 e. The first kappa shape index (κ1) is 21.0. The minimum atomic E-state index is -4.63. The third-order valence-electron chi connectivity index (χ3n) is 5.04. The number of pyridine rings is 2. The summed E-state index contributed by atoms with van der Waals surface area (Å²) >= 11 is 0. The Hall–Kier alpha value is -4.92. The van der Waals surface area contributed by atoms with Gasteiger partial charge in [-0.2, -0.15) is 23.1 Å². The highest BCUT2D eigenvalue weighted by molar-refractivity contribution is 6.01. The number of alkyl halides is 3. The number of benzene rings is 1. The van der Waals surface area contributed by atoms with Crippen molar-refractivity contribution in [2.24, 2.45) is 0 Å². The fourth-order valence-electron chi connectivity index (χ4n) is 3.51. The van der Waals surface area contributed by atoms with Gasteiger partial charge in [-0.3, -0.25) is 19.3 Å². The first-order chi connectivity index (χ1) is 16.3. The molecule has 0 fully saturated rings. The zero-order valence-electron chi connectivity index (χ0n) is 16.8. The number of rotatable bonds is 2. The van der Waals surface area contributed by atoms with Crippen molar-refractivity contribution in [3.63, 3.8) is 0 Å². The number of aromatic nitrogens is 6. The Kier molecular flexibility index (Phi) is 4.68. The van der Waals surface area contributed by atoms with Gasteiger partial charge in [0.2, 0.25) is 0 Å². The number of fused-ring (bicyclic) bond motifs is 3. The number of nitrogens with one attached hydrogen (secondary N) is 1. The second-order valence-electron chi connectivity index (χ2n) is 7.11. The Bertz CT molecular complexity index is 1750. The van der Waals surface area contributed by atoms with E-state index in [9.17, 15) is 22.8 Å². The second-order valence-corrected chi connectivity index (χ2v) is 7.11. The molecule has 0 aliphatic carbocycles. The number of nitrogens with zero attached hydrogens (tertiary/aromatic N) is 6. The normalized spacial score (nSPS) is 11.6. The maximum atomic E-state index is 13.3. The Balaban J connectivity index is 1.86. The van der Waals surface area contributed by atoms with Crippen LogP contribution in [0.25, 0.3) is 43.7 Å². The summed E-state index contributed by atoms with van der Waals surface area (Å²) < 4.78 is 40.9. The van der Waals surface area contributed by atoms with Crippen LogP contribution in [-0.4, -0.2) is 29.5 Å². The summed E-state index contributed by atoms with van der Waals surface area (Å²) in [7, 11) is 0. The van der Waals surface area contributed by atoms with Crippen molar-refractivity contribution in [3.05, 3.63) is 92.8 Å². The quantitative estimate of drug-likeness (QED) is 0.317. The minimum absolute atomic E-state index is 0.00128. The third kappa shape index (κ3) is 3.45. The Morgan fingerprint density at radius 2 is 1.76 bits per heavy atom. The molecular formula is C22H10F3N7O2. The average molecular weight is 461 g/mol. The van der Waals surface area contributed by atoms with Gasteiger partial charge in [0.15, 0.2) is 0 Å². The molecule has 1 aromatic carbocycles. The van der Waals surface area contributed by atoms with Crippen molar-refractivity contribution in [1.29, 1.82) is 0 Å². The molecular weight excluding hydrogens is 451 g/mol. The summed E-state index contributed by atoms with van der Waals surface area (Å²) in [6.45, 7) is 6.96. The van der Waals surface area contributed by atoms with Gasteiger partial charge < -0.3 is 4.85 Å². The molecule has 0 spiro atoms. The average Bonchev–Trinajstić information content (AvgIpc) is 2.83. The molecule has 0 aliphatic heterocycles. The molecule has 0 atom stereocenters. The number of hydrogen-bond donors (Lipinski definition) is 1. The van der Waals surface area contributed by atoms with Crippen LogP contribution in [0.1, 0.15) is 5.56 Å². The molecule has 0 saturated carbocycles. The number of H-pyrrole nitrogens is 1. The SMILES string of the molecule is [C-]#[N+]c1ncc(-c2ccc3ncc4c(=O)[nH]c(=O)n(-c5cccc(C(F)(F)F)c5)c4c3n2)cn1. The van der Waals surface area contributed by atoms with Crippen LogP contribution in [0, 0.1) is 6.57 Å². The molecule has 0 aliphatic rings. The maximum absolute atomic E-state index is 13.3. The standard InChI is InChI=1S/C22H10F3N7O2/c1-26-20-28-8-11(9-29-20)15-5-6-16-17(30-15)18-14(10-27-16)19(33)31-21(34)32(18)13-4-2-3-12(7-13)22(23,24)25/h2-10H,(H,31,33,34). The molecule has 4 heterocycles. The van der Waals surface area contributed by atoms with E-state index >= 15 is 0 Å². The molecule has 0 bridgehead atoms. The van der Waals surface area contributed by atoms with Crippen molar-refractivity contribution in [2.75, 3.05) is 0 Å². The molecule has 5 rings (SSSR count). The molecule has 9 nitrogen and oxygen atoms in total. The van der Waals surface area contributed by atoms with Gasteiger partial charge in [-0.15, -0.1) is 6.57 Å². The smallest absolute Gasteiger partial charge is 0.394 e. The van der Waals surface area contributed by atoms with Gasteiger partial charge in [0.25, 0.3) is 5.56 Å². The van der Waals surface area contributed by atoms with Crippen LogP contribution in [-0.2, 0) is 6.18 Å². The Morgan fingerprint density at radius 1 is 1.00 bits per heavy atom. The predicted octanol–water partition coefficient (Wildman–Crippen LogP) is 3.65. The van der Waals surface area contributed by atoms with E-state index in [0.29, 0.717) is 16.8 Å². The Labute approximate surface area is 187 Å². The molecule has 34 heavy (non-hydrogen) atoms. The summed E-state index contributed by atoms with van der Waals surface area (Å²) in [6, 6.07) is 7.37. The lowest BCUT2D eigenvalue weighted by Gasteiger charge is -2.14. The lowest BCUT2D eigenvalue weighted by atomic mass is 10.1. The van der Waals surface area contributed by atoms with Crippen LogP contribution in [0.2, 0.25) is 0 Å². The van der Waals surface area contributed by atoms with E-state index < -0.39 is 23.0 Å². The van der Waals surface area contributed by atoms with E-state index in [4.69, 9.17) is 6.57 Å². The molecule has 1 N–H and O–H groups in total. The molecule has 5 aromatic rings. The molecule has 166 valence electrons. The van der Waals surface area contributed by atoms with Gasteiger partial charge in [-0.1, -0.05) is 6.07 Å². The van der Waals surface area contributed by atoms with Gasteiger partial charge in [-0.25, -0.2) is 9.78 Å². The van der Waals surface area contributed by atoms with Gasteiger partial charge in [0.05, 0.1) is 51.3 Å². The molecule has 12 heteroatoms.